The van der Waals surface area contributed by atoms with Gasteiger partial charge in [-0.05, 0) is 49.2 Å². The predicted molar refractivity (Wildman–Crippen MR) is 108 cm³/mol. The smallest absolute Gasteiger partial charge is 0.243 e. The van der Waals surface area contributed by atoms with Gasteiger partial charge in [-0.3, -0.25) is 4.79 Å². The molecule has 0 aromatic heterocycles. The van der Waals surface area contributed by atoms with Crippen LogP contribution in [0.15, 0.2) is 47.4 Å². The lowest BCUT2D eigenvalue weighted by Gasteiger charge is -2.16. The molecule has 0 saturated carbocycles. The van der Waals surface area contributed by atoms with Crippen LogP contribution in [0, 0.1) is 13.8 Å². The number of aryl methyl sites for hydroxylation is 1. The van der Waals surface area contributed by atoms with Gasteiger partial charge in [0.25, 0.3) is 0 Å². The van der Waals surface area contributed by atoms with Gasteiger partial charge in [-0.1, -0.05) is 18.2 Å². The maximum Gasteiger partial charge on any atom is 0.243 e. The van der Waals surface area contributed by atoms with Gasteiger partial charge in [0.15, 0.2) is 0 Å². The zero-order chi connectivity index (χ0) is 18.6. The van der Waals surface area contributed by atoms with E-state index in [0.717, 1.165) is 21.1 Å². The van der Waals surface area contributed by atoms with Crippen LogP contribution in [0.2, 0.25) is 0 Å². The number of nitrogens with one attached hydrogen (secondary N) is 2. The summed E-state index contributed by atoms with van der Waals surface area (Å²) in [7, 11) is -0.606. The largest absolute Gasteiger partial charge is 0.376 e. The molecule has 2 rings (SSSR count). The van der Waals surface area contributed by atoms with E-state index in [1.165, 1.54) is 20.2 Å². The van der Waals surface area contributed by atoms with Crippen LogP contribution in [0.1, 0.15) is 11.1 Å². The van der Waals surface area contributed by atoms with Gasteiger partial charge in [-0.25, -0.2) is 12.7 Å². The third kappa shape index (κ3) is 5.20. The predicted octanol–water partition coefficient (Wildman–Crippen LogP) is 3.03. The second kappa shape index (κ2) is 9.02. The molecule has 0 aliphatic carbocycles. The number of carbonyl (C=O) groups excluding carboxylic acids is 1. The highest BCUT2D eigenvalue weighted by molar-refractivity contribution is 7.89. The molecular formula is C18H24ClN3O3S. The number of benzene rings is 2. The first-order valence-electron chi connectivity index (χ1n) is 7.84. The van der Waals surface area contributed by atoms with Gasteiger partial charge >= 0.3 is 0 Å². The molecule has 26 heavy (non-hydrogen) atoms. The third-order valence-corrected chi connectivity index (χ3v) is 5.71. The Labute approximate surface area is 161 Å². The molecule has 0 aliphatic heterocycles. The van der Waals surface area contributed by atoms with Crippen molar-refractivity contribution in [2.75, 3.05) is 31.3 Å². The third-order valence-electron chi connectivity index (χ3n) is 3.92. The van der Waals surface area contributed by atoms with Gasteiger partial charge in [-0.15, -0.1) is 12.4 Å². The Morgan fingerprint density at radius 3 is 2.27 bits per heavy atom. The molecule has 0 spiro atoms. The second-order valence-corrected chi connectivity index (χ2v) is 8.12. The van der Waals surface area contributed by atoms with Crippen LogP contribution >= 0.6 is 12.4 Å². The SMILES string of the molecule is Cc1cc(S(=O)(=O)N(C)C)cc(NC(=O)CNc2ccccc2)c1C.Cl. The zero-order valence-electron chi connectivity index (χ0n) is 15.2. The summed E-state index contributed by atoms with van der Waals surface area (Å²) in [5, 5.41) is 5.81. The summed E-state index contributed by atoms with van der Waals surface area (Å²) in [6.07, 6.45) is 0. The fraction of sp³-hybridized carbons (Fsp3) is 0.278. The van der Waals surface area contributed by atoms with Crippen molar-refractivity contribution in [1.82, 2.24) is 4.31 Å². The summed E-state index contributed by atoms with van der Waals surface area (Å²) in [4.78, 5) is 12.4. The van der Waals surface area contributed by atoms with E-state index in [2.05, 4.69) is 10.6 Å². The molecule has 8 heteroatoms. The quantitative estimate of drug-likeness (QED) is 0.785. The Hall–Kier alpha value is -2.09. The van der Waals surface area contributed by atoms with Gasteiger partial charge in [0.2, 0.25) is 15.9 Å². The van der Waals surface area contributed by atoms with E-state index in [9.17, 15) is 13.2 Å². The standard InChI is InChI=1S/C18H23N3O3S.ClH/c1-13-10-16(25(23,24)21(3)4)11-17(14(13)2)20-18(22)12-19-15-8-6-5-7-9-15;/h5-11,19H,12H2,1-4H3,(H,20,22);1H. The summed E-state index contributed by atoms with van der Waals surface area (Å²) >= 11 is 0. The molecule has 0 heterocycles. The van der Waals surface area contributed by atoms with Crippen molar-refractivity contribution in [2.45, 2.75) is 18.7 Å². The Balaban J connectivity index is 0.00000338. The van der Waals surface area contributed by atoms with Crippen LogP contribution in [-0.4, -0.2) is 39.3 Å². The Morgan fingerprint density at radius 1 is 1.08 bits per heavy atom. The van der Waals surface area contributed by atoms with E-state index in [1.807, 2.05) is 44.2 Å². The first-order chi connectivity index (χ1) is 11.7. The molecule has 0 radical (unpaired) electrons. The maximum absolute atomic E-state index is 12.3. The van der Waals surface area contributed by atoms with Crippen molar-refractivity contribution in [2.24, 2.45) is 0 Å². The number of hydrogen-bond acceptors (Lipinski definition) is 4. The number of rotatable bonds is 6. The monoisotopic (exact) mass is 397 g/mol. The molecule has 2 N–H and O–H groups in total. The van der Waals surface area contributed by atoms with Gasteiger partial charge in [-0.2, -0.15) is 0 Å². The highest BCUT2D eigenvalue weighted by Gasteiger charge is 2.20. The normalized spacial score (nSPS) is 11.0. The molecule has 0 fully saturated rings. The average molecular weight is 398 g/mol. The maximum atomic E-state index is 12.3. The minimum absolute atomic E-state index is 0. The molecule has 2 aromatic carbocycles. The zero-order valence-corrected chi connectivity index (χ0v) is 16.9. The van der Waals surface area contributed by atoms with Crippen molar-refractivity contribution in [3.05, 3.63) is 53.6 Å². The molecule has 0 saturated heterocycles. The van der Waals surface area contributed by atoms with Crippen molar-refractivity contribution < 1.29 is 13.2 Å². The highest BCUT2D eigenvalue weighted by Crippen LogP contribution is 2.25. The fourth-order valence-corrected chi connectivity index (χ4v) is 3.26. The topological polar surface area (TPSA) is 78.5 Å². The first-order valence-corrected chi connectivity index (χ1v) is 9.28. The number of hydrogen-bond donors (Lipinski definition) is 2. The van der Waals surface area contributed by atoms with Gasteiger partial charge in [0, 0.05) is 25.5 Å². The van der Waals surface area contributed by atoms with E-state index in [-0.39, 0.29) is 29.8 Å². The summed E-state index contributed by atoms with van der Waals surface area (Å²) < 4.78 is 25.8. The van der Waals surface area contributed by atoms with Crippen LogP contribution in [-0.2, 0) is 14.8 Å². The van der Waals surface area contributed by atoms with Gasteiger partial charge in [0.05, 0.1) is 11.4 Å². The molecule has 1 amide bonds. The van der Waals surface area contributed by atoms with Crippen LogP contribution < -0.4 is 10.6 Å². The lowest BCUT2D eigenvalue weighted by atomic mass is 10.1. The van der Waals surface area contributed by atoms with Crippen molar-refractivity contribution in [1.29, 1.82) is 0 Å². The molecule has 0 unspecified atom stereocenters. The average Bonchev–Trinajstić information content (AvgIpc) is 2.57. The molecule has 0 bridgehead atoms. The summed E-state index contributed by atoms with van der Waals surface area (Å²) in [5.74, 6) is -0.245. The van der Waals surface area contributed by atoms with Gasteiger partial charge < -0.3 is 10.6 Å². The number of carbonyl (C=O) groups is 1. The first kappa shape index (κ1) is 22.0. The van der Waals surface area contributed by atoms with Crippen molar-refractivity contribution >= 4 is 39.7 Å². The molecule has 2 aromatic rings. The number of amides is 1. The molecular weight excluding hydrogens is 374 g/mol. The van der Waals surface area contributed by atoms with Crippen molar-refractivity contribution in [3.8, 4) is 0 Å². The number of sulfonamides is 1. The summed E-state index contributed by atoms with van der Waals surface area (Å²) in [6.45, 7) is 3.76. The minimum Gasteiger partial charge on any atom is -0.376 e. The number of para-hydroxylation sites is 1. The molecule has 6 nitrogen and oxygen atoms in total. The van der Waals surface area contributed by atoms with E-state index < -0.39 is 10.0 Å². The lowest BCUT2D eigenvalue weighted by molar-refractivity contribution is -0.114. The van der Waals surface area contributed by atoms with Crippen LogP contribution in [0.5, 0.6) is 0 Å². The van der Waals surface area contributed by atoms with Gasteiger partial charge in [0.1, 0.15) is 0 Å². The molecule has 0 atom stereocenters. The number of anilines is 2. The summed E-state index contributed by atoms with van der Waals surface area (Å²) in [6, 6.07) is 12.5. The van der Waals surface area contributed by atoms with Crippen LogP contribution in [0.4, 0.5) is 11.4 Å². The Morgan fingerprint density at radius 2 is 1.69 bits per heavy atom. The highest BCUT2D eigenvalue weighted by atomic mass is 35.5. The van der Waals surface area contributed by atoms with E-state index in [0.29, 0.717) is 5.69 Å². The number of halogens is 1. The van der Waals surface area contributed by atoms with Crippen molar-refractivity contribution in [3.63, 3.8) is 0 Å². The van der Waals surface area contributed by atoms with Crippen LogP contribution in [0.3, 0.4) is 0 Å². The number of nitrogens with zero attached hydrogens (tertiary/aromatic N) is 1. The van der Waals surface area contributed by atoms with E-state index in [1.54, 1.807) is 6.07 Å². The van der Waals surface area contributed by atoms with E-state index in [4.69, 9.17) is 0 Å². The second-order valence-electron chi connectivity index (χ2n) is 5.97. The van der Waals surface area contributed by atoms with Crippen LogP contribution in [0.25, 0.3) is 0 Å². The fourth-order valence-electron chi connectivity index (χ4n) is 2.25. The van der Waals surface area contributed by atoms with E-state index >= 15 is 0 Å². The molecule has 142 valence electrons. The Bertz CT molecular complexity index is 869. The summed E-state index contributed by atoms with van der Waals surface area (Å²) in [5.41, 5.74) is 2.98. The lowest BCUT2D eigenvalue weighted by Crippen LogP contribution is -2.24. The molecule has 0 aliphatic rings. The Kier molecular flexibility index (Phi) is 7.62. The minimum atomic E-state index is -3.56.